The maximum atomic E-state index is 12.5. The van der Waals surface area contributed by atoms with Gasteiger partial charge in [-0.1, -0.05) is 6.07 Å². The Kier molecular flexibility index (Phi) is 4.70. The molecule has 7 heteroatoms. The van der Waals surface area contributed by atoms with Crippen molar-refractivity contribution in [3.05, 3.63) is 23.3 Å². The Hall–Kier alpha value is -1.83. The molecular weight excluding hydrogens is 442 g/mol. The Balaban J connectivity index is 1.38. The van der Waals surface area contributed by atoms with E-state index < -0.39 is 11.6 Å². The van der Waals surface area contributed by atoms with Gasteiger partial charge in [0.1, 0.15) is 11.7 Å². The molecule has 35 heavy (non-hydrogen) atoms. The molecule has 7 nitrogen and oxygen atoms in total. The van der Waals surface area contributed by atoms with Crippen molar-refractivity contribution in [3.8, 4) is 11.5 Å². The summed E-state index contributed by atoms with van der Waals surface area (Å²) in [4.78, 5) is 15.3. The van der Waals surface area contributed by atoms with Crippen molar-refractivity contribution in [2.75, 3.05) is 33.9 Å². The van der Waals surface area contributed by atoms with E-state index in [2.05, 4.69) is 22.3 Å². The smallest absolute Gasteiger partial charge is 0.236 e. The lowest BCUT2D eigenvalue weighted by atomic mass is 9.35. The zero-order chi connectivity index (χ0) is 24.2. The fraction of sp³-hybridized carbons (Fsp3) is 0.750. The van der Waals surface area contributed by atoms with Gasteiger partial charge in [0.15, 0.2) is 11.5 Å². The van der Waals surface area contributed by atoms with E-state index in [0.717, 1.165) is 56.1 Å². The molecule has 2 heterocycles. The quantitative estimate of drug-likeness (QED) is 0.622. The van der Waals surface area contributed by atoms with Crippen LogP contribution in [-0.4, -0.2) is 68.4 Å². The number of benzene rings is 1. The van der Waals surface area contributed by atoms with Crippen LogP contribution < -0.4 is 20.5 Å². The molecular formula is C28H39N3O4. The summed E-state index contributed by atoms with van der Waals surface area (Å²) < 4.78 is 19.4. The number of carbonyl (C=O) groups excluding carboxylic acids is 1. The maximum absolute atomic E-state index is 12.5. The fourth-order valence-corrected chi connectivity index (χ4v) is 9.32. The minimum atomic E-state index is -0.513. The van der Waals surface area contributed by atoms with Crippen LogP contribution in [-0.2, 0) is 21.4 Å². The summed E-state index contributed by atoms with van der Waals surface area (Å²) in [6, 6.07) is 4.40. The van der Waals surface area contributed by atoms with Gasteiger partial charge in [0.25, 0.3) is 0 Å². The van der Waals surface area contributed by atoms with Crippen LogP contribution in [0.25, 0.3) is 0 Å². The molecule has 1 aromatic rings. The number of hydrogen-bond donors (Lipinski definition) is 2. The van der Waals surface area contributed by atoms with Gasteiger partial charge in [-0.2, -0.15) is 0 Å². The van der Waals surface area contributed by atoms with Crippen molar-refractivity contribution in [1.82, 2.24) is 10.2 Å². The number of nitrogens with one attached hydrogen (secondary N) is 1. The molecule has 0 aromatic heterocycles. The van der Waals surface area contributed by atoms with E-state index >= 15 is 0 Å². The van der Waals surface area contributed by atoms with Crippen LogP contribution in [0.4, 0.5) is 0 Å². The Bertz CT molecular complexity index is 1070. The number of amides is 1. The molecule has 1 aromatic carbocycles. The summed E-state index contributed by atoms with van der Waals surface area (Å²) in [7, 11) is 3.59. The van der Waals surface area contributed by atoms with Crippen molar-refractivity contribution < 1.29 is 19.0 Å². The molecule has 2 aliphatic heterocycles. The highest BCUT2D eigenvalue weighted by Crippen LogP contribution is 2.76. The average molecular weight is 482 g/mol. The zero-order valence-corrected chi connectivity index (χ0v) is 21.3. The number of fused-ring (bicyclic) bond motifs is 2. The Morgan fingerprint density at radius 2 is 2.11 bits per heavy atom. The summed E-state index contributed by atoms with van der Waals surface area (Å²) in [5, 5.41) is 3.16. The summed E-state index contributed by atoms with van der Waals surface area (Å²) in [6.07, 6.45) is 8.06. The van der Waals surface area contributed by atoms with E-state index in [4.69, 9.17) is 19.9 Å². The van der Waals surface area contributed by atoms with Crippen molar-refractivity contribution in [2.45, 2.75) is 81.1 Å². The number of ether oxygens (including phenoxy) is 3. The highest BCUT2D eigenvalue weighted by molar-refractivity contribution is 5.81. The Labute approximate surface area is 208 Å². The van der Waals surface area contributed by atoms with Crippen molar-refractivity contribution in [1.29, 1.82) is 0 Å². The molecule has 1 saturated heterocycles. The van der Waals surface area contributed by atoms with Gasteiger partial charge in [-0.15, -0.1) is 0 Å². The van der Waals surface area contributed by atoms with Gasteiger partial charge in [-0.05, 0) is 76.0 Å². The molecule has 7 atom stereocenters. The zero-order valence-electron chi connectivity index (χ0n) is 21.3. The van der Waals surface area contributed by atoms with Crippen molar-refractivity contribution in [3.63, 3.8) is 0 Å². The number of hydrogen-bond acceptors (Lipinski definition) is 6. The van der Waals surface area contributed by atoms with E-state index in [1.165, 1.54) is 30.5 Å². The maximum Gasteiger partial charge on any atom is 0.236 e. The van der Waals surface area contributed by atoms with Gasteiger partial charge in [0, 0.05) is 48.6 Å². The largest absolute Gasteiger partial charge is 0.493 e. The lowest BCUT2D eigenvalue weighted by Gasteiger charge is -2.74. The summed E-state index contributed by atoms with van der Waals surface area (Å²) in [5.41, 5.74) is 8.39. The lowest BCUT2D eigenvalue weighted by Crippen LogP contribution is -2.81. The molecule has 5 aliphatic carbocycles. The molecule has 8 rings (SSSR count). The van der Waals surface area contributed by atoms with Gasteiger partial charge in [0.05, 0.1) is 13.2 Å². The third kappa shape index (κ3) is 2.65. The summed E-state index contributed by atoms with van der Waals surface area (Å²) >= 11 is 0. The van der Waals surface area contributed by atoms with Crippen LogP contribution in [0.15, 0.2) is 12.1 Å². The molecule has 3 N–H and O–H groups in total. The third-order valence-electron chi connectivity index (χ3n) is 10.9. The second-order valence-electron chi connectivity index (χ2n) is 12.3. The Morgan fingerprint density at radius 3 is 2.83 bits per heavy atom. The van der Waals surface area contributed by atoms with Crippen LogP contribution in [0, 0.1) is 17.3 Å². The first-order chi connectivity index (χ1) is 16.9. The molecule has 1 amide bonds. The second-order valence-corrected chi connectivity index (χ2v) is 12.3. The van der Waals surface area contributed by atoms with Crippen LogP contribution in [0.5, 0.6) is 11.5 Å². The second kappa shape index (κ2) is 7.36. The predicted octanol–water partition coefficient (Wildman–Crippen LogP) is 2.38. The molecule has 0 radical (unpaired) electrons. The summed E-state index contributed by atoms with van der Waals surface area (Å²) in [6.45, 7) is 4.69. The highest BCUT2D eigenvalue weighted by Gasteiger charge is 2.80. The van der Waals surface area contributed by atoms with E-state index in [9.17, 15) is 4.79 Å². The standard InChI is InChI=1S/C28H39N3O4/c1-16(29)24(32)30-14-19-13-26-8-9-28(19,34-3)25-27(26)10-11-31(15-17-4-5-17)21(26)12-18-6-7-20(33-2)23(35-25)22(18)27/h6-7,16-17,19,21,25H,4-5,8-15,29H2,1-3H3,(H,30,32)/t16?,19-,21-,25-,26-,27+,28-/m1/s1. The highest BCUT2D eigenvalue weighted by atomic mass is 16.6. The van der Waals surface area contributed by atoms with Crippen molar-refractivity contribution >= 4 is 5.91 Å². The lowest BCUT2D eigenvalue weighted by molar-refractivity contribution is -0.276. The topological polar surface area (TPSA) is 86.0 Å². The number of rotatable bonds is 7. The number of nitrogens with zero attached hydrogens (tertiary/aromatic N) is 1. The molecule has 7 aliphatic rings. The van der Waals surface area contributed by atoms with Gasteiger partial charge in [-0.3, -0.25) is 9.69 Å². The van der Waals surface area contributed by atoms with Gasteiger partial charge in [-0.25, -0.2) is 0 Å². The number of methoxy groups -OCH3 is 2. The predicted molar refractivity (Wildman–Crippen MR) is 132 cm³/mol. The molecule has 2 spiro atoms. The minimum Gasteiger partial charge on any atom is -0.493 e. The molecule has 4 bridgehead atoms. The monoisotopic (exact) mass is 481 g/mol. The first-order valence-electron chi connectivity index (χ1n) is 13.6. The molecule has 4 saturated carbocycles. The third-order valence-corrected chi connectivity index (χ3v) is 10.9. The van der Waals surface area contributed by atoms with Gasteiger partial charge >= 0.3 is 0 Å². The van der Waals surface area contributed by atoms with Crippen LogP contribution in [0.3, 0.4) is 0 Å². The first-order valence-corrected chi connectivity index (χ1v) is 13.6. The van der Waals surface area contributed by atoms with E-state index in [1.54, 1.807) is 14.0 Å². The SMILES string of the molecule is COc1ccc2c3c1O[C@H]1[C@@]4(OC)CC[C@@]5(C[C@@H]4CNC(=O)C(C)N)[C@@H](C2)N(CC2CC2)CC[C@]315. The number of piperidine rings is 1. The molecule has 190 valence electrons. The van der Waals surface area contributed by atoms with E-state index in [-0.39, 0.29) is 28.8 Å². The van der Waals surface area contributed by atoms with Gasteiger partial charge < -0.3 is 25.3 Å². The minimum absolute atomic E-state index is 0.0505. The molecule has 1 unspecified atom stereocenters. The van der Waals surface area contributed by atoms with Gasteiger partial charge in [0.2, 0.25) is 5.91 Å². The number of nitrogens with two attached hydrogens (primary N) is 1. The number of likely N-dealkylation sites (tertiary alicyclic amines) is 1. The van der Waals surface area contributed by atoms with E-state index in [1.807, 2.05) is 7.11 Å². The summed E-state index contributed by atoms with van der Waals surface area (Å²) in [5.74, 6) is 2.76. The van der Waals surface area contributed by atoms with Crippen LogP contribution in [0.1, 0.15) is 56.6 Å². The normalized spacial score (nSPS) is 41.2. The van der Waals surface area contributed by atoms with Crippen molar-refractivity contribution in [2.24, 2.45) is 23.0 Å². The fourth-order valence-electron chi connectivity index (χ4n) is 9.32. The molecule has 5 fully saturated rings. The average Bonchev–Trinajstić information content (AvgIpc) is 3.61. The van der Waals surface area contributed by atoms with Crippen LogP contribution >= 0.6 is 0 Å². The van der Waals surface area contributed by atoms with Crippen LogP contribution in [0.2, 0.25) is 0 Å². The first kappa shape index (κ1) is 22.4. The van der Waals surface area contributed by atoms with E-state index in [0.29, 0.717) is 12.6 Å². The Morgan fingerprint density at radius 1 is 1.29 bits per heavy atom. The number of carbonyl (C=O) groups is 1.